The number of halogens is 6. The maximum Gasteiger partial charge on any atom is 0.490 e. The number of aromatic nitrogens is 1. The Labute approximate surface area is 220 Å². The first-order valence-corrected chi connectivity index (χ1v) is 11.5. The Bertz CT molecular complexity index is 942. The first-order valence-electron chi connectivity index (χ1n) is 11.5. The first kappa shape index (κ1) is 33.9. The van der Waals surface area contributed by atoms with Crippen LogP contribution < -0.4 is 4.74 Å². The van der Waals surface area contributed by atoms with Gasteiger partial charge in [0.15, 0.2) is 0 Å². The average molecular weight is 576 g/mol. The van der Waals surface area contributed by atoms with E-state index in [1.807, 2.05) is 11.0 Å². The van der Waals surface area contributed by atoms with Crippen LogP contribution >= 0.6 is 0 Å². The molecule has 0 aromatic carbocycles. The molecule has 1 aromatic rings. The molecule has 2 saturated heterocycles. The summed E-state index contributed by atoms with van der Waals surface area (Å²) in [5, 5.41) is 14.2. The summed E-state index contributed by atoms with van der Waals surface area (Å²) in [6, 6.07) is 4.04. The van der Waals surface area contributed by atoms with E-state index >= 15 is 0 Å². The molecule has 2 aliphatic rings. The van der Waals surface area contributed by atoms with Crippen molar-refractivity contribution in [1.29, 1.82) is 0 Å². The average Bonchev–Trinajstić information content (AvgIpc) is 3.19. The number of carbonyl (C=O) groups is 3. The molecule has 1 unspecified atom stereocenters. The number of alkyl halides is 6. The lowest BCUT2D eigenvalue weighted by molar-refractivity contribution is -0.193. The minimum atomic E-state index is -5.08. The third-order valence-corrected chi connectivity index (χ3v) is 6.40. The molecule has 1 amide bonds. The van der Waals surface area contributed by atoms with Crippen molar-refractivity contribution in [3.8, 4) is 5.88 Å². The number of carbonyl (C=O) groups excluding carboxylic acids is 1. The Morgan fingerprint density at radius 3 is 1.97 bits per heavy atom. The summed E-state index contributed by atoms with van der Waals surface area (Å²) in [7, 11) is 3.43. The van der Waals surface area contributed by atoms with Crippen molar-refractivity contribution < 1.29 is 60.4 Å². The highest BCUT2D eigenvalue weighted by molar-refractivity contribution is 5.74. The maximum atomic E-state index is 11.9. The number of aliphatic carboxylic acids is 2. The SMILES string of the molecule is COCC1CN(C(C)=O)CC12CCN(Cc1cccnc1OC)CC2.O=C(O)C(F)(F)F.O=C(O)C(F)(F)F. The van der Waals surface area contributed by atoms with Gasteiger partial charge in [0, 0.05) is 51.3 Å². The predicted molar refractivity (Wildman–Crippen MR) is 123 cm³/mol. The number of amides is 1. The summed E-state index contributed by atoms with van der Waals surface area (Å²) >= 11 is 0. The van der Waals surface area contributed by atoms with Crippen LogP contribution in [0.15, 0.2) is 18.3 Å². The lowest BCUT2D eigenvalue weighted by atomic mass is 9.71. The molecule has 2 fully saturated rings. The monoisotopic (exact) mass is 575 g/mol. The number of hydrogen-bond donors (Lipinski definition) is 2. The molecule has 16 heteroatoms. The number of pyridine rings is 1. The van der Waals surface area contributed by atoms with Crippen LogP contribution in [0.2, 0.25) is 0 Å². The van der Waals surface area contributed by atoms with Gasteiger partial charge in [0.05, 0.1) is 13.7 Å². The summed E-state index contributed by atoms with van der Waals surface area (Å²) in [6.07, 6.45) is -6.20. The molecule has 0 aliphatic carbocycles. The highest BCUT2D eigenvalue weighted by Crippen LogP contribution is 2.45. The van der Waals surface area contributed by atoms with E-state index in [1.165, 1.54) is 0 Å². The van der Waals surface area contributed by atoms with Crippen molar-refractivity contribution in [2.45, 2.75) is 38.7 Å². The standard InChI is InChI=1S/C19H29N3O3.2C2HF3O2/c1-15(23)22-12-17(13-24-2)19(14-22)6-9-21(10-7-19)11-16-5-4-8-20-18(16)25-3;2*3-2(4,5)1(6)7/h4-5,8,17H,6-7,9-14H2,1-3H3;2*(H,6,7). The van der Waals surface area contributed by atoms with E-state index in [0.717, 1.165) is 57.7 Å². The van der Waals surface area contributed by atoms with Gasteiger partial charge in [-0.3, -0.25) is 9.69 Å². The number of likely N-dealkylation sites (tertiary alicyclic amines) is 2. The minimum absolute atomic E-state index is 0.181. The predicted octanol–water partition coefficient (Wildman–Crippen LogP) is 3.06. The third-order valence-electron chi connectivity index (χ3n) is 6.40. The van der Waals surface area contributed by atoms with Crippen LogP contribution in [0.4, 0.5) is 26.3 Å². The summed E-state index contributed by atoms with van der Waals surface area (Å²) < 4.78 is 74.3. The number of nitrogens with zero attached hydrogens (tertiary/aromatic N) is 3. The topological polar surface area (TPSA) is 130 Å². The molecule has 3 heterocycles. The Kier molecular flexibility index (Phi) is 12.4. The lowest BCUT2D eigenvalue weighted by Gasteiger charge is -2.42. The van der Waals surface area contributed by atoms with Crippen molar-refractivity contribution in [2.24, 2.45) is 11.3 Å². The molecule has 1 atom stereocenters. The van der Waals surface area contributed by atoms with Gasteiger partial charge in [-0.1, -0.05) is 6.07 Å². The zero-order chi connectivity index (χ0) is 30.0. The number of methoxy groups -OCH3 is 2. The summed E-state index contributed by atoms with van der Waals surface area (Å²) in [5.74, 6) is -4.18. The van der Waals surface area contributed by atoms with Gasteiger partial charge in [0.25, 0.3) is 0 Å². The Hall–Kier alpha value is -3.14. The van der Waals surface area contributed by atoms with Crippen LogP contribution in [0.1, 0.15) is 25.3 Å². The van der Waals surface area contributed by atoms with Crippen LogP contribution in [0, 0.1) is 11.3 Å². The van der Waals surface area contributed by atoms with Crippen LogP contribution in [0.3, 0.4) is 0 Å². The van der Waals surface area contributed by atoms with E-state index in [4.69, 9.17) is 29.3 Å². The van der Waals surface area contributed by atoms with Gasteiger partial charge < -0.3 is 24.6 Å². The number of carboxylic acid groups (broad SMARTS) is 2. The van der Waals surface area contributed by atoms with Gasteiger partial charge in [0.1, 0.15) is 0 Å². The number of ether oxygens (including phenoxy) is 2. The van der Waals surface area contributed by atoms with Gasteiger partial charge in [-0.25, -0.2) is 14.6 Å². The quantitative estimate of drug-likeness (QED) is 0.509. The van der Waals surface area contributed by atoms with Crippen molar-refractivity contribution >= 4 is 17.8 Å². The summed E-state index contributed by atoms with van der Waals surface area (Å²) in [5.41, 5.74) is 1.34. The summed E-state index contributed by atoms with van der Waals surface area (Å²) in [4.78, 5) is 38.4. The molecule has 2 aliphatic heterocycles. The number of rotatable bonds is 5. The van der Waals surface area contributed by atoms with Crippen LogP contribution in [-0.4, -0.2) is 102 Å². The largest absolute Gasteiger partial charge is 0.490 e. The molecule has 222 valence electrons. The highest BCUT2D eigenvalue weighted by atomic mass is 19.4. The first-order chi connectivity index (χ1) is 18.0. The zero-order valence-electron chi connectivity index (χ0n) is 21.5. The third kappa shape index (κ3) is 10.5. The smallest absolute Gasteiger partial charge is 0.481 e. The second kappa shape index (κ2) is 14.3. The van der Waals surface area contributed by atoms with Gasteiger partial charge in [0.2, 0.25) is 11.8 Å². The molecule has 3 rings (SSSR count). The molecule has 2 N–H and O–H groups in total. The minimum Gasteiger partial charge on any atom is -0.481 e. The number of piperidine rings is 1. The van der Waals surface area contributed by atoms with E-state index in [-0.39, 0.29) is 11.3 Å². The van der Waals surface area contributed by atoms with E-state index in [2.05, 4.69) is 16.0 Å². The normalized spacial score (nSPS) is 18.9. The Morgan fingerprint density at radius 1 is 1.05 bits per heavy atom. The van der Waals surface area contributed by atoms with Gasteiger partial charge in [-0.2, -0.15) is 26.3 Å². The van der Waals surface area contributed by atoms with E-state index in [9.17, 15) is 31.1 Å². The van der Waals surface area contributed by atoms with E-state index < -0.39 is 24.3 Å². The fraction of sp³-hybridized carbons (Fsp3) is 0.652. The second-order valence-corrected chi connectivity index (χ2v) is 8.97. The molecule has 0 radical (unpaired) electrons. The summed E-state index contributed by atoms with van der Waals surface area (Å²) in [6.45, 7) is 7.04. The number of carboxylic acids is 2. The fourth-order valence-electron chi connectivity index (χ4n) is 4.40. The van der Waals surface area contributed by atoms with Crippen LogP contribution in [-0.2, 0) is 25.7 Å². The van der Waals surface area contributed by atoms with Crippen LogP contribution in [0.5, 0.6) is 5.88 Å². The van der Waals surface area contributed by atoms with Crippen molar-refractivity contribution in [3.63, 3.8) is 0 Å². The van der Waals surface area contributed by atoms with Gasteiger partial charge in [-0.15, -0.1) is 0 Å². The molecule has 1 spiro atoms. The van der Waals surface area contributed by atoms with E-state index in [1.54, 1.807) is 27.3 Å². The highest BCUT2D eigenvalue weighted by Gasteiger charge is 2.48. The maximum absolute atomic E-state index is 11.9. The number of hydrogen-bond acceptors (Lipinski definition) is 7. The lowest BCUT2D eigenvalue weighted by Crippen LogP contribution is -2.45. The molecule has 1 aromatic heterocycles. The van der Waals surface area contributed by atoms with Crippen molar-refractivity contribution in [1.82, 2.24) is 14.8 Å². The van der Waals surface area contributed by atoms with Crippen molar-refractivity contribution in [2.75, 3.05) is 47.0 Å². The van der Waals surface area contributed by atoms with Gasteiger partial charge >= 0.3 is 24.3 Å². The zero-order valence-corrected chi connectivity index (χ0v) is 21.5. The van der Waals surface area contributed by atoms with E-state index in [0.29, 0.717) is 11.8 Å². The molecule has 0 bridgehead atoms. The second-order valence-electron chi connectivity index (χ2n) is 8.97. The fourth-order valence-corrected chi connectivity index (χ4v) is 4.40. The van der Waals surface area contributed by atoms with Crippen molar-refractivity contribution in [3.05, 3.63) is 23.9 Å². The molecular weight excluding hydrogens is 544 g/mol. The molecule has 39 heavy (non-hydrogen) atoms. The molecule has 0 saturated carbocycles. The molecular formula is C23H31F6N3O7. The Balaban J connectivity index is 0.000000449. The Morgan fingerprint density at radius 2 is 1.56 bits per heavy atom. The molecule has 10 nitrogen and oxygen atoms in total. The van der Waals surface area contributed by atoms with Gasteiger partial charge in [-0.05, 0) is 37.4 Å². The van der Waals surface area contributed by atoms with Crippen LogP contribution in [0.25, 0.3) is 0 Å².